The van der Waals surface area contributed by atoms with E-state index in [2.05, 4.69) is 13.0 Å². The third kappa shape index (κ3) is 4.55. The molecule has 142 valence electrons. The van der Waals surface area contributed by atoms with Gasteiger partial charge in [-0.1, -0.05) is 50.8 Å². The van der Waals surface area contributed by atoms with E-state index in [0.717, 1.165) is 29.1 Å². The Labute approximate surface area is 157 Å². The molecule has 0 aliphatic heterocycles. The van der Waals surface area contributed by atoms with Gasteiger partial charge in [0.25, 0.3) is 0 Å². The molecule has 0 radical (unpaired) electrons. The van der Waals surface area contributed by atoms with E-state index in [1.807, 2.05) is 24.3 Å². The topological polar surface area (TPSA) is 20.3 Å². The van der Waals surface area contributed by atoms with Crippen LogP contribution in [-0.2, 0) is 0 Å². The third-order valence-corrected chi connectivity index (χ3v) is 6.60. The zero-order valence-corrected chi connectivity index (χ0v) is 16.2. The summed E-state index contributed by atoms with van der Waals surface area (Å²) < 4.78 is 12.8. The Morgan fingerprint density at radius 1 is 1.08 bits per heavy atom. The van der Waals surface area contributed by atoms with Crippen LogP contribution in [-0.4, -0.2) is 13.2 Å². The van der Waals surface area contributed by atoms with Crippen LogP contribution in [0.15, 0.2) is 30.3 Å². The van der Waals surface area contributed by atoms with E-state index >= 15 is 0 Å². The normalized spacial score (nSPS) is 26.3. The summed E-state index contributed by atoms with van der Waals surface area (Å²) in [7, 11) is 1.46. The summed E-state index contributed by atoms with van der Waals surface area (Å²) in [4.78, 5) is 11.9. The third-order valence-electron chi connectivity index (χ3n) is 6.60. The lowest BCUT2D eigenvalue weighted by atomic mass is 9.70. The zero-order chi connectivity index (χ0) is 18.5. The first kappa shape index (κ1) is 19.1. The lowest BCUT2D eigenvalue weighted by Gasteiger charge is -2.35. The minimum absolute atomic E-state index is 0.597. The number of nitrogens with zero attached hydrogens (tertiary/aromatic N) is 1. The van der Waals surface area contributed by atoms with Gasteiger partial charge in [0.1, 0.15) is 0 Å². The van der Waals surface area contributed by atoms with Crippen molar-refractivity contribution in [2.45, 2.75) is 64.7 Å². The van der Waals surface area contributed by atoms with Crippen LogP contribution in [0.3, 0.4) is 0 Å². The van der Waals surface area contributed by atoms with E-state index in [4.69, 9.17) is 0 Å². The molecule has 1 amide bonds. The van der Waals surface area contributed by atoms with E-state index in [-0.39, 0.29) is 0 Å². The molecule has 0 heterocycles. The Morgan fingerprint density at radius 2 is 1.77 bits per heavy atom. The van der Waals surface area contributed by atoms with E-state index in [9.17, 15) is 9.18 Å². The summed E-state index contributed by atoms with van der Waals surface area (Å²) in [6.07, 6.45) is 13.1. The minimum atomic E-state index is -1.42. The van der Waals surface area contributed by atoms with Gasteiger partial charge in [0.15, 0.2) is 0 Å². The molecular formula is C23H32FNO. The van der Waals surface area contributed by atoms with Gasteiger partial charge in [-0.05, 0) is 73.1 Å². The summed E-state index contributed by atoms with van der Waals surface area (Å²) in [5.74, 6) is 2.77. The van der Waals surface area contributed by atoms with Gasteiger partial charge in [0, 0.05) is 12.7 Å². The highest BCUT2D eigenvalue weighted by atomic mass is 19.1. The molecule has 26 heavy (non-hydrogen) atoms. The van der Waals surface area contributed by atoms with E-state index in [0.29, 0.717) is 5.69 Å². The van der Waals surface area contributed by atoms with Gasteiger partial charge < -0.3 is 0 Å². The van der Waals surface area contributed by atoms with Gasteiger partial charge in [-0.25, -0.2) is 4.79 Å². The number of hydrogen-bond donors (Lipinski definition) is 0. The number of carbonyl (C=O) groups is 1. The number of carbonyl (C=O) groups excluding carboxylic acids is 1. The van der Waals surface area contributed by atoms with Crippen molar-refractivity contribution in [1.82, 2.24) is 0 Å². The number of hydrogen-bond acceptors (Lipinski definition) is 1. The van der Waals surface area contributed by atoms with Crippen molar-refractivity contribution in [3.63, 3.8) is 0 Å². The van der Waals surface area contributed by atoms with E-state index in [1.165, 1.54) is 69.6 Å². The Bertz CT molecular complexity index is 628. The second kappa shape index (κ2) is 8.83. The quantitative estimate of drug-likeness (QED) is 0.410. The van der Waals surface area contributed by atoms with Crippen LogP contribution in [0.5, 0.6) is 0 Å². The van der Waals surface area contributed by atoms with Crippen LogP contribution >= 0.6 is 0 Å². The van der Waals surface area contributed by atoms with E-state index in [1.54, 1.807) is 0 Å². The summed E-state index contributed by atoms with van der Waals surface area (Å²) in [5.41, 5.74) is 3.21. The maximum absolute atomic E-state index is 12.8. The zero-order valence-electron chi connectivity index (χ0n) is 16.2. The Morgan fingerprint density at radius 3 is 2.31 bits per heavy atom. The van der Waals surface area contributed by atoms with Gasteiger partial charge in [0.2, 0.25) is 0 Å². The van der Waals surface area contributed by atoms with Crippen LogP contribution in [0.4, 0.5) is 14.9 Å². The van der Waals surface area contributed by atoms with Crippen molar-refractivity contribution in [3.8, 4) is 0 Å². The number of rotatable bonds is 5. The molecule has 2 aliphatic rings. The molecule has 0 spiro atoms. The first-order chi connectivity index (χ1) is 12.6. The number of benzene rings is 1. The van der Waals surface area contributed by atoms with Gasteiger partial charge in [-0.15, -0.1) is 4.39 Å². The monoisotopic (exact) mass is 357 g/mol. The summed E-state index contributed by atoms with van der Waals surface area (Å²) in [6.45, 7) is 2.31. The molecule has 1 aromatic rings. The predicted molar refractivity (Wildman–Crippen MR) is 107 cm³/mol. The fraction of sp³-hybridized carbons (Fsp3) is 0.609. The Hall–Kier alpha value is -1.64. The van der Waals surface area contributed by atoms with Crippen molar-refractivity contribution in [1.29, 1.82) is 0 Å². The average molecular weight is 358 g/mol. The minimum Gasteiger partial charge on any atom is -0.287 e. The maximum Gasteiger partial charge on any atom is 0.404 e. The highest BCUT2D eigenvalue weighted by Gasteiger charge is 2.28. The molecule has 1 aromatic carbocycles. The van der Waals surface area contributed by atoms with Crippen molar-refractivity contribution in [3.05, 3.63) is 35.9 Å². The molecular weight excluding hydrogens is 325 g/mol. The molecule has 0 saturated heterocycles. The Balaban J connectivity index is 1.55. The smallest absolute Gasteiger partial charge is 0.287 e. The molecule has 1 atom stereocenters. The van der Waals surface area contributed by atoms with Crippen LogP contribution in [0.1, 0.15) is 70.3 Å². The molecule has 1 saturated carbocycles. The molecule has 2 aliphatic carbocycles. The number of halogens is 1. The van der Waals surface area contributed by atoms with Crippen molar-refractivity contribution in [2.75, 3.05) is 11.9 Å². The van der Waals surface area contributed by atoms with Gasteiger partial charge in [0.05, 0.1) is 0 Å². The maximum atomic E-state index is 12.8. The number of allylic oxidation sites excluding steroid dienone is 2. The Kier molecular flexibility index (Phi) is 6.50. The lowest BCUT2D eigenvalue weighted by Crippen LogP contribution is -2.23. The lowest BCUT2D eigenvalue weighted by molar-refractivity contribution is 0.189. The van der Waals surface area contributed by atoms with Gasteiger partial charge in [-0.2, -0.15) is 0 Å². The van der Waals surface area contributed by atoms with Crippen LogP contribution in [0.2, 0.25) is 0 Å². The molecule has 2 nitrogen and oxygen atoms in total. The van der Waals surface area contributed by atoms with Crippen molar-refractivity contribution in [2.24, 2.45) is 17.8 Å². The van der Waals surface area contributed by atoms with Crippen LogP contribution < -0.4 is 4.90 Å². The SMILES string of the molecule is CCCC1CCC(C2CC=C(c3ccc(N(C)C(=O)F)cc3)CC2)CC1. The largest absolute Gasteiger partial charge is 0.404 e. The second-order valence-corrected chi connectivity index (χ2v) is 8.19. The van der Waals surface area contributed by atoms with E-state index < -0.39 is 6.16 Å². The summed E-state index contributed by atoms with van der Waals surface area (Å²) in [5, 5.41) is 0. The van der Waals surface area contributed by atoms with Crippen molar-refractivity contribution >= 4 is 17.4 Å². The van der Waals surface area contributed by atoms with Gasteiger partial charge in [-0.3, -0.25) is 4.90 Å². The number of anilines is 1. The molecule has 0 N–H and O–H groups in total. The van der Waals surface area contributed by atoms with Gasteiger partial charge >= 0.3 is 6.16 Å². The summed E-state index contributed by atoms with van der Waals surface area (Å²) >= 11 is 0. The predicted octanol–water partition coefficient (Wildman–Crippen LogP) is 7.00. The molecule has 0 aromatic heterocycles. The molecule has 3 rings (SSSR count). The first-order valence-corrected chi connectivity index (χ1v) is 10.3. The average Bonchev–Trinajstić information content (AvgIpc) is 2.68. The molecule has 3 heteroatoms. The first-order valence-electron chi connectivity index (χ1n) is 10.3. The van der Waals surface area contributed by atoms with Crippen molar-refractivity contribution < 1.29 is 9.18 Å². The standard InChI is InChI=1S/C23H32FNO/c1-3-4-17-5-7-18(8-6-17)19-9-11-20(12-10-19)21-13-15-22(16-14-21)25(2)23(24)26/h11,13-19H,3-10,12H2,1-2H3. The molecule has 1 unspecified atom stereocenters. The molecule has 0 bridgehead atoms. The highest BCUT2D eigenvalue weighted by molar-refractivity contribution is 5.86. The number of amides is 1. The molecule has 1 fully saturated rings. The second-order valence-electron chi connectivity index (χ2n) is 8.19. The fourth-order valence-electron chi connectivity index (χ4n) is 4.90. The van der Waals surface area contributed by atoms with Crippen LogP contribution in [0.25, 0.3) is 5.57 Å². The fourth-order valence-corrected chi connectivity index (χ4v) is 4.90. The highest BCUT2D eigenvalue weighted by Crippen LogP contribution is 2.42. The summed E-state index contributed by atoms with van der Waals surface area (Å²) in [6, 6.07) is 7.68. The van der Waals surface area contributed by atoms with Crippen LogP contribution in [0, 0.1) is 17.8 Å².